The van der Waals surface area contributed by atoms with Crippen molar-refractivity contribution in [2.75, 3.05) is 7.11 Å². The molecule has 0 fully saturated rings. The van der Waals surface area contributed by atoms with E-state index in [1.807, 2.05) is 0 Å². The van der Waals surface area contributed by atoms with Gasteiger partial charge < -0.3 is 10.1 Å². The van der Waals surface area contributed by atoms with Crippen LogP contribution in [0.15, 0.2) is 0 Å². The van der Waals surface area contributed by atoms with Gasteiger partial charge in [-0.1, -0.05) is 12.8 Å². The topological polar surface area (TPSA) is 72.5 Å². The molecule has 0 aliphatic carbocycles. The Balaban J connectivity index is 3.46. The van der Waals surface area contributed by atoms with Crippen molar-refractivity contribution in [1.82, 2.24) is 5.32 Å². The molecule has 0 aromatic rings. The molecule has 5 nitrogen and oxygen atoms in total. The summed E-state index contributed by atoms with van der Waals surface area (Å²) < 4.78 is 4.53. The van der Waals surface area contributed by atoms with Crippen molar-refractivity contribution in [3.8, 4) is 0 Å². The lowest BCUT2D eigenvalue weighted by atomic mass is 10.1. The molecule has 0 aromatic carbocycles. The van der Waals surface area contributed by atoms with Crippen LogP contribution in [0.5, 0.6) is 0 Å². The quantitative estimate of drug-likeness (QED) is 0.503. The maximum Gasteiger partial charge on any atom is 0.305 e. The number of rotatable bonds is 9. The van der Waals surface area contributed by atoms with E-state index < -0.39 is 6.04 Å². The van der Waals surface area contributed by atoms with Gasteiger partial charge in [0.15, 0.2) is 5.78 Å². The summed E-state index contributed by atoms with van der Waals surface area (Å²) in [6, 6.07) is -0.406. The van der Waals surface area contributed by atoms with E-state index in [2.05, 4.69) is 10.1 Å². The highest BCUT2D eigenvalue weighted by Crippen LogP contribution is 2.06. The van der Waals surface area contributed by atoms with E-state index in [0.29, 0.717) is 12.8 Å². The predicted octanol–water partition coefficient (Wildman–Crippen LogP) is 1.59. The molecular formula is C13H23NO4. The minimum absolute atomic E-state index is 0.0403. The smallest absolute Gasteiger partial charge is 0.305 e. The van der Waals surface area contributed by atoms with Gasteiger partial charge in [-0.25, -0.2) is 0 Å². The van der Waals surface area contributed by atoms with Crippen LogP contribution in [0.25, 0.3) is 0 Å². The average molecular weight is 257 g/mol. The number of methoxy groups -OCH3 is 1. The fraction of sp³-hybridized carbons (Fsp3) is 0.769. The zero-order valence-corrected chi connectivity index (χ0v) is 11.5. The first-order chi connectivity index (χ1) is 8.47. The average Bonchev–Trinajstić information content (AvgIpc) is 2.32. The normalized spacial score (nSPS) is 11.7. The summed E-state index contributed by atoms with van der Waals surface area (Å²) in [7, 11) is 1.38. The van der Waals surface area contributed by atoms with Crippen molar-refractivity contribution >= 4 is 17.7 Å². The van der Waals surface area contributed by atoms with Gasteiger partial charge in [-0.05, 0) is 26.7 Å². The lowest BCUT2D eigenvalue weighted by molar-refractivity contribution is -0.140. The maximum atomic E-state index is 11.4. The molecule has 0 radical (unpaired) electrons. The molecule has 1 unspecified atom stereocenters. The molecule has 104 valence electrons. The van der Waals surface area contributed by atoms with Crippen LogP contribution < -0.4 is 5.32 Å². The van der Waals surface area contributed by atoms with Crippen LogP contribution in [0.1, 0.15) is 52.4 Å². The van der Waals surface area contributed by atoms with Crippen LogP contribution >= 0.6 is 0 Å². The summed E-state index contributed by atoms with van der Waals surface area (Å²) in [5, 5.41) is 2.63. The lowest BCUT2D eigenvalue weighted by Gasteiger charge is -2.10. The van der Waals surface area contributed by atoms with Gasteiger partial charge in [0.2, 0.25) is 5.91 Å². The zero-order chi connectivity index (χ0) is 14.0. The molecule has 18 heavy (non-hydrogen) atoms. The van der Waals surface area contributed by atoms with Gasteiger partial charge in [0.05, 0.1) is 13.2 Å². The molecule has 0 saturated carbocycles. The molecule has 0 aromatic heterocycles. The third-order valence-corrected chi connectivity index (χ3v) is 2.75. The number of esters is 1. The molecule has 0 saturated heterocycles. The minimum atomic E-state index is -0.406. The second kappa shape index (κ2) is 9.62. The van der Waals surface area contributed by atoms with Crippen molar-refractivity contribution < 1.29 is 19.1 Å². The number of ketones is 1. The highest BCUT2D eigenvalue weighted by molar-refractivity contribution is 5.86. The molecule has 0 rings (SSSR count). The van der Waals surface area contributed by atoms with Gasteiger partial charge in [0.1, 0.15) is 0 Å². The number of amides is 1. The van der Waals surface area contributed by atoms with Gasteiger partial charge in [-0.15, -0.1) is 0 Å². The van der Waals surface area contributed by atoms with Gasteiger partial charge in [-0.2, -0.15) is 0 Å². The molecule has 5 heteroatoms. The minimum Gasteiger partial charge on any atom is -0.469 e. The Hall–Kier alpha value is -1.39. The van der Waals surface area contributed by atoms with Crippen molar-refractivity contribution in [2.24, 2.45) is 0 Å². The third-order valence-electron chi connectivity index (χ3n) is 2.75. The lowest BCUT2D eigenvalue weighted by Crippen LogP contribution is -2.37. The fourth-order valence-electron chi connectivity index (χ4n) is 1.43. The Labute approximate surface area is 108 Å². The van der Waals surface area contributed by atoms with Crippen LogP contribution in [0, 0.1) is 0 Å². The first-order valence-electron chi connectivity index (χ1n) is 6.34. The molecule has 1 amide bonds. The van der Waals surface area contributed by atoms with E-state index in [0.717, 1.165) is 25.7 Å². The summed E-state index contributed by atoms with van der Waals surface area (Å²) in [5.41, 5.74) is 0. The molecule has 0 heterocycles. The van der Waals surface area contributed by atoms with Crippen molar-refractivity contribution in [3.63, 3.8) is 0 Å². The number of ether oxygens (including phenoxy) is 1. The highest BCUT2D eigenvalue weighted by Gasteiger charge is 2.10. The Bertz CT molecular complexity index is 289. The van der Waals surface area contributed by atoms with Gasteiger partial charge >= 0.3 is 5.97 Å². The van der Waals surface area contributed by atoms with E-state index in [1.54, 1.807) is 6.92 Å². The first kappa shape index (κ1) is 16.6. The van der Waals surface area contributed by atoms with E-state index in [4.69, 9.17) is 0 Å². The standard InChI is InChI=1S/C13H23NO4/c1-10(11(2)15)14-12(16)8-6-4-5-7-9-13(17)18-3/h10H,4-9H2,1-3H3,(H,14,16). The second-order valence-electron chi connectivity index (χ2n) is 4.39. The third kappa shape index (κ3) is 8.73. The SMILES string of the molecule is COC(=O)CCCCCCC(=O)NC(C)C(C)=O. The number of carbonyl (C=O) groups excluding carboxylic acids is 3. The molecule has 0 spiro atoms. The predicted molar refractivity (Wildman–Crippen MR) is 68.0 cm³/mol. The highest BCUT2D eigenvalue weighted by atomic mass is 16.5. The van der Waals surface area contributed by atoms with Crippen molar-refractivity contribution in [2.45, 2.75) is 58.4 Å². The van der Waals surface area contributed by atoms with Crippen LogP contribution in [0.3, 0.4) is 0 Å². The Morgan fingerprint density at radius 3 is 2.11 bits per heavy atom. The number of unbranched alkanes of at least 4 members (excludes halogenated alkanes) is 3. The summed E-state index contributed by atoms with van der Waals surface area (Å²) in [4.78, 5) is 33.2. The van der Waals surface area contributed by atoms with E-state index in [9.17, 15) is 14.4 Å². The monoisotopic (exact) mass is 257 g/mol. The second-order valence-corrected chi connectivity index (χ2v) is 4.39. The largest absolute Gasteiger partial charge is 0.469 e. The summed E-state index contributed by atoms with van der Waals surface area (Å²) in [6.07, 6.45) is 4.24. The van der Waals surface area contributed by atoms with Crippen LogP contribution in [-0.4, -0.2) is 30.8 Å². The van der Waals surface area contributed by atoms with Crippen molar-refractivity contribution in [1.29, 1.82) is 0 Å². The molecule has 0 bridgehead atoms. The molecule has 0 aliphatic rings. The number of hydrogen-bond acceptors (Lipinski definition) is 4. The molecule has 0 aliphatic heterocycles. The van der Waals surface area contributed by atoms with Crippen LogP contribution in [0.4, 0.5) is 0 Å². The van der Waals surface area contributed by atoms with Crippen molar-refractivity contribution in [3.05, 3.63) is 0 Å². The number of Topliss-reactive ketones (excluding diaryl/α,β-unsaturated/α-hetero) is 1. The Morgan fingerprint density at radius 1 is 1.06 bits per heavy atom. The van der Waals surface area contributed by atoms with Gasteiger partial charge in [0, 0.05) is 12.8 Å². The van der Waals surface area contributed by atoms with E-state index in [1.165, 1.54) is 14.0 Å². The summed E-state index contributed by atoms with van der Waals surface area (Å²) >= 11 is 0. The van der Waals surface area contributed by atoms with Crippen LogP contribution in [-0.2, 0) is 19.1 Å². The number of nitrogens with one attached hydrogen (secondary N) is 1. The Morgan fingerprint density at radius 2 is 1.61 bits per heavy atom. The van der Waals surface area contributed by atoms with Gasteiger partial charge in [-0.3, -0.25) is 14.4 Å². The molecular weight excluding hydrogens is 234 g/mol. The number of carbonyl (C=O) groups is 3. The Kier molecular flexibility index (Phi) is 8.88. The summed E-state index contributed by atoms with van der Waals surface area (Å²) in [5.74, 6) is -0.324. The zero-order valence-electron chi connectivity index (χ0n) is 11.5. The summed E-state index contributed by atoms with van der Waals surface area (Å²) in [6.45, 7) is 3.13. The van der Waals surface area contributed by atoms with E-state index >= 15 is 0 Å². The van der Waals surface area contributed by atoms with Gasteiger partial charge in [0.25, 0.3) is 0 Å². The van der Waals surface area contributed by atoms with Crippen LogP contribution in [0.2, 0.25) is 0 Å². The molecule has 1 N–H and O–H groups in total. The first-order valence-corrected chi connectivity index (χ1v) is 6.34. The number of hydrogen-bond donors (Lipinski definition) is 1. The maximum absolute atomic E-state index is 11.4. The molecule has 1 atom stereocenters. The van der Waals surface area contributed by atoms with E-state index in [-0.39, 0.29) is 17.7 Å². The fourth-order valence-corrected chi connectivity index (χ4v) is 1.43.